The van der Waals surface area contributed by atoms with Crippen LogP contribution in [0.2, 0.25) is 0 Å². The molecular weight excluding hydrogens is 804 g/mol. The van der Waals surface area contributed by atoms with Crippen LogP contribution < -0.4 is 0 Å². The first kappa shape index (κ1) is 45.7. The number of aromatic hydroxyl groups is 1. The topological polar surface area (TPSA) is 20.2 Å². The number of phenolic OH excluding ortho intramolecular Hbond substituents is 1. The van der Waals surface area contributed by atoms with Gasteiger partial charge < -0.3 is 5.11 Å². The van der Waals surface area contributed by atoms with Crippen molar-refractivity contribution in [3.05, 3.63) is 159 Å². The van der Waals surface area contributed by atoms with Gasteiger partial charge in [-0.25, -0.2) is 0 Å². The van der Waals surface area contributed by atoms with Crippen LogP contribution in [-0.4, -0.2) is 8.82 Å². The molecule has 0 aromatic heterocycles. The molecule has 2 aliphatic carbocycles. The third kappa shape index (κ3) is 9.46. The standard InChI is InChI=1S/2C21H23.C14H22O.C2H4.Zr/c2*1-5-15-13-17-7-6-8-19(20(17)14-15)16-9-11-18(12-10-16)21(2,3)4;1-13(2,3)10-7-8-12(15)11(9-10)14(4,5)6;1-2;/h2*6-14H,5H2,1-4H3;7-9,15H,1-6H3;1H,2H3;. The van der Waals surface area contributed by atoms with E-state index in [4.69, 9.17) is 0 Å². The van der Waals surface area contributed by atoms with Crippen molar-refractivity contribution >= 4 is 15.9 Å². The molecule has 5 aromatic rings. The van der Waals surface area contributed by atoms with Crippen LogP contribution in [0, 0.1) is 0 Å². The first-order valence-electron chi connectivity index (χ1n) is 22.5. The van der Waals surface area contributed by atoms with Crippen LogP contribution in [0.1, 0.15) is 168 Å². The van der Waals surface area contributed by atoms with Crippen LogP contribution in [0.4, 0.5) is 0 Å². The predicted octanol–water partition coefficient (Wildman–Crippen LogP) is 16.4. The molecule has 0 fully saturated rings. The molecule has 60 heavy (non-hydrogen) atoms. The molecule has 2 unspecified atom stereocenters. The average Bonchev–Trinajstić information content (AvgIpc) is 3.76. The van der Waals surface area contributed by atoms with E-state index in [1.807, 2.05) is 6.07 Å². The Balaban J connectivity index is 0.000000340. The fourth-order valence-electron chi connectivity index (χ4n) is 9.23. The Morgan fingerprint density at radius 2 is 0.883 bits per heavy atom. The number of phenols is 1. The first-order valence-corrected chi connectivity index (χ1v) is 26.7. The van der Waals surface area contributed by atoms with Crippen molar-refractivity contribution in [2.45, 2.75) is 146 Å². The third-order valence-corrected chi connectivity index (χ3v) is 21.2. The second-order valence-electron chi connectivity index (χ2n) is 21.3. The molecule has 0 heterocycles. The van der Waals surface area contributed by atoms with E-state index in [2.05, 4.69) is 211 Å². The van der Waals surface area contributed by atoms with Crippen molar-refractivity contribution in [1.29, 1.82) is 0 Å². The summed E-state index contributed by atoms with van der Waals surface area (Å²) in [4.78, 5) is 0. The van der Waals surface area contributed by atoms with Gasteiger partial charge in [-0.3, -0.25) is 0 Å². The van der Waals surface area contributed by atoms with Gasteiger partial charge in [0, 0.05) is 0 Å². The molecular formula is C58H72OZr. The average molecular weight is 876 g/mol. The summed E-state index contributed by atoms with van der Waals surface area (Å²) in [5.74, 6) is 0.399. The van der Waals surface area contributed by atoms with Gasteiger partial charge in [0.2, 0.25) is 0 Å². The van der Waals surface area contributed by atoms with Crippen LogP contribution in [0.25, 0.3) is 34.4 Å². The fourth-order valence-corrected chi connectivity index (χ4v) is 18.2. The van der Waals surface area contributed by atoms with Crippen molar-refractivity contribution in [3.8, 4) is 28.0 Å². The van der Waals surface area contributed by atoms with Gasteiger partial charge in [0.15, 0.2) is 0 Å². The molecule has 7 rings (SSSR count). The van der Waals surface area contributed by atoms with Crippen molar-refractivity contribution in [3.63, 3.8) is 0 Å². The second kappa shape index (κ2) is 17.5. The van der Waals surface area contributed by atoms with Crippen molar-refractivity contribution in [2.24, 2.45) is 0 Å². The van der Waals surface area contributed by atoms with E-state index < -0.39 is 21.3 Å². The van der Waals surface area contributed by atoms with Crippen LogP contribution in [0.3, 0.4) is 0 Å². The van der Waals surface area contributed by atoms with Gasteiger partial charge in [0.05, 0.1) is 0 Å². The zero-order valence-electron chi connectivity index (χ0n) is 39.6. The number of hydrogen-bond acceptors (Lipinski definition) is 1. The van der Waals surface area contributed by atoms with E-state index >= 15 is 0 Å². The van der Waals surface area contributed by atoms with Crippen LogP contribution >= 0.6 is 0 Å². The maximum absolute atomic E-state index is 9.84. The van der Waals surface area contributed by atoms with Gasteiger partial charge in [0.25, 0.3) is 0 Å². The summed E-state index contributed by atoms with van der Waals surface area (Å²) >= 11 is -2.28. The third-order valence-electron chi connectivity index (χ3n) is 12.9. The number of benzene rings is 5. The van der Waals surface area contributed by atoms with E-state index in [0.717, 1.165) is 18.4 Å². The normalized spacial score (nSPS) is 16.3. The Morgan fingerprint density at radius 3 is 1.22 bits per heavy atom. The fraction of sp³-hybridized carbons (Fsp3) is 0.397. The van der Waals surface area contributed by atoms with Crippen molar-refractivity contribution in [1.82, 2.24) is 0 Å². The molecule has 314 valence electrons. The molecule has 2 atom stereocenters. The molecule has 0 saturated carbocycles. The molecule has 5 aromatic carbocycles. The van der Waals surface area contributed by atoms with Gasteiger partial charge in [-0.15, -0.1) is 0 Å². The molecule has 0 spiro atoms. The van der Waals surface area contributed by atoms with E-state index in [1.165, 1.54) is 50.1 Å². The summed E-state index contributed by atoms with van der Waals surface area (Å²) in [5.41, 5.74) is 20.3. The van der Waals surface area contributed by atoms with Crippen molar-refractivity contribution in [2.75, 3.05) is 0 Å². The summed E-state index contributed by atoms with van der Waals surface area (Å²) in [6, 6.07) is 38.8. The van der Waals surface area contributed by atoms with Gasteiger partial charge in [-0.2, -0.15) is 0 Å². The summed E-state index contributed by atoms with van der Waals surface area (Å²) in [7, 11) is 0. The van der Waals surface area contributed by atoms with Gasteiger partial charge in [-0.1, -0.05) is 53.7 Å². The zero-order chi connectivity index (χ0) is 43.9. The summed E-state index contributed by atoms with van der Waals surface area (Å²) in [6.07, 6.45) is 7.39. The molecule has 0 bridgehead atoms. The molecule has 1 nitrogen and oxygen atoms in total. The maximum atomic E-state index is 9.84. The Labute approximate surface area is 372 Å². The predicted molar refractivity (Wildman–Crippen MR) is 260 cm³/mol. The number of hydrogen-bond donors (Lipinski definition) is 1. The van der Waals surface area contributed by atoms with Gasteiger partial charge >= 0.3 is 282 Å². The second-order valence-corrected chi connectivity index (χ2v) is 28.0. The molecule has 0 amide bonds. The van der Waals surface area contributed by atoms with Crippen LogP contribution in [0.5, 0.6) is 5.75 Å². The summed E-state index contributed by atoms with van der Waals surface area (Å²) in [6.45, 7) is 33.8. The van der Waals surface area contributed by atoms with Crippen LogP contribution in [-0.2, 0) is 42.9 Å². The van der Waals surface area contributed by atoms with Crippen molar-refractivity contribution < 1.29 is 26.4 Å². The number of fused-ring (bicyclic) bond motifs is 2. The summed E-state index contributed by atoms with van der Waals surface area (Å²) < 4.78 is 3.86. The molecule has 0 radical (unpaired) electrons. The quantitative estimate of drug-likeness (QED) is 0.180. The first-order chi connectivity index (χ1) is 28.1. The zero-order valence-corrected chi connectivity index (χ0v) is 42.0. The van der Waals surface area contributed by atoms with Gasteiger partial charge in [-0.05, 0) is 28.0 Å². The Bertz CT molecular complexity index is 2290. The number of allylic oxidation sites excluding steroid dienone is 2. The minimum absolute atomic E-state index is 0.00859. The molecule has 2 heteroatoms. The molecule has 2 aliphatic rings. The Morgan fingerprint density at radius 1 is 0.500 bits per heavy atom. The van der Waals surface area contributed by atoms with E-state index in [0.29, 0.717) is 13.0 Å². The minimum atomic E-state index is -2.28. The SMILES string of the molecule is CC(C)(C)c1ccc(O)c(C(C)(C)C)c1.C[CH]=[Zr]([CH]1C(CC)=Cc2c(-c3ccc(C(C)(C)C)cc3)cccc21)[CH]1C(CC)=Cc2c(-c3ccc(C(C)(C)C)cc3)cccc21. The van der Waals surface area contributed by atoms with E-state index in [1.54, 1.807) is 28.3 Å². The molecule has 1 N–H and O–H groups in total. The molecule has 0 saturated heterocycles. The van der Waals surface area contributed by atoms with E-state index in [-0.39, 0.29) is 21.7 Å². The Kier molecular flexibility index (Phi) is 13.3. The van der Waals surface area contributed by atoms with E-state index in [9.17, 15) is 5.11 Å². The van der Waals surface area contributed by atoms with Gasteiger partial charge in [0.1, 0.15) is 5.75 Å². The summed E-state index contributed by atoms with van der Waals surface area (Å²) in [5, 5.41) is 9.84. The Hall–Kier alpha value is -3.87. The van der Waals surface area contributed by atoms with Crippen LogP contribution in [0.15, 0.2) is 114 Å². The molecule has 0 aliphatic heterocycles. The number of rotatable bonds is 6. The monoisotopic (exact) mass is 874 g/mol.